The predicted molar refractivity (Wildman–Crippen MR) is 111 cm³/mol. The van der Waals surface area contributed by atoms with Gasteiger partial charge in [0.05, 0.1) is 43.7 Å². The Morgan fingerprint density at radius 3 is 2.84 bits per heavy atom. The highest BCUT2D eigenvalue weighted by molar-refractivity contribution is 5.95. The van der Waals surface area contributed by atoms with E-state index in [1.165, 1.54) is 0 Å². The molecule has 4 heterocycles. The molecular weight excluding hydrogens is 400 g/mol. The predicted octanol–water partition coefficient (Wildman–Crippen LogP) is 0.827. The molecule has 11 heteroatoms. The molecule has 2 aromatic heterocycles. The lowest BCUT2D eigenvalue weighted by Gasteiger charge is -2.33. The van der Waals surface area contributed by atoms with Gasteiger partial charge in [-0.15, -0.1) is 5.10 Å². The van der Waals surface area contributed by atoms with E-state index in [1.54, 1.807) is 6.20 Å². The van der Waals surface area contributed by atoms with E-state index in [2.05, 4.69) is 26.0 Å². The van der Waals surface area contributed by atoms with Crippen molar-refractivity contribution in [3.63, 3.8) is 0 Å². The van der Waals surface area contributed by atoms with Gasteiger partial charge in [0.15, 0.2) is 0 Å². The van der Waals surface area contributed by atoms with Crippen molar-refractivity contribution in [2.45, 2.75) is 65.5 Å². The number of likely N-dealkylation sites (tertiary alicyclic amines) is 1. The molecule has 2 aromatic rings. The van der Waals surface area contributed by atoms with Crippen molar-refractivity contribution in [3.8, 4) is 0 Å². The van der Waals surface area contributed by atoms with Crippen LogP contribution in [0.5, 0.6) is 0 Å². The Kier molecular flexibility index (Phi) is 5.94. The average molecular weight is 431 g/mol. The van der Waals surface area contributed by atoms with Crippen LogP contribution in [0.3, 0.4) is 0 Å². The number of aryl methyl sites for hydroxylation is 1. The zero-order valence-corrected chi connectivity index (χ0v) is 18.3. The molecule has 1 spiro atoms. The van der Waals surface area contributed by atoms with E-state index < -0.39 is 5.60 Å². The van der Waals surface area contributed by atoms with Gasteiger partial charge in [0, 0.05) is 25.3 Å². The quantitative estimate of drug-likeness (QED) is 0.701. The van der Waals surface area contributed by atoms with Gasteiger partial charge in [0.2, 0.25) is 0 Å². The molecule has 1 fully saturated rings. The van der Waals surface area contributed by atoms with Gasteiger partial charge in [-0.1, -0.05) is 12.1 Å². The number of amides is 3. The van der Waals surface area contributed by atoms with E-state index in [9.17, 15) is 9.59 Å². The van der Waals surface area contributed by atoms with Gasteiger partial charge in [-0.25, -0.2) is 9.48 Å². The molecule has 0 radical (unpaired) electrons. The molecule has 2 aliphatic heterocycles. The maximum Gasteiger partial charge on any atom is 0.315 e. The fraction of sp³-hybridized carbons (Fsp3) is 0.650. The molecule has 0 aliphatic carbocycles. The van der Waals surface area contributed by atoms with Crippen molar-refractivity contribution in [2.24, 2.45) is 0 Å². The number of hydrogen-bond donors (Lipinski definition) is 2. The number of fused-ring (bicyclic) bond motifs is 1. The van der Waals surface area contributed by atoms with Crippen molar-refractivity contribution in [2.75, 3.05) is 19.6 Å². The number of nitrogens with one attached hydrogen (secondary N) is 2. The molecule has 3 amide bonds. The number of urea groups is 1. The van der Waals surface area contributed by atoms with Crippen LogP contribution in [0.25, 0.3) is 0 Å². The molecular formula is C20H30N8O3. The zero-order valence-electron chi connectivity index (χ0n) is 18.3. The number of carbonyl (C=O) groups is 2. The summed E-state index contributed by atoms with van der Waals surface area (Å²) in [4.78, 5) is 26.7. The average Bonchev–Trinajstić information content (AvgIpc) is 3.47. The SMILES string of the molecule is CCCNC(=O)NCc1nnn2c1COC1(CCN(C(=O)c3cnn(CC)c3C)C1)C2. The minimum absolute atomic E-state index is 0.00922. The summed E-state index contributed by atoms with van der Waals surface area (Å²) in [6.07, 6.45) is 3.27. The summed E-state index contributed by atoms with van der Waals surface area (Å²) < 4.78 is 9.93. The summed E-state index contributed by atoms with van der Waals surface area (Å²) >= 11 is 0. The van der Waals surface area contributed by atoms with Gasteiger partial charge in [-0.2, -0.15) is 5.10 Å². The fourth-order valence-electron chi connectivity index (χ4n) is 4.21. The van der Waals surface area contributed by atoms with Gasteiger partial charge in [-0.05, 0) is 26.7 Å². The van der Waals surface area contributed by atoms with E-state index in [0.717, 1.165) is 30.8 Å². The highest BCUT2D eigenvalue weighted by Gasteiger charge is 2.45. The Morgan fingerprint density at radius 2 is 2.10 bits per heavy atom. The standard InChI is InChI=1S/C20H30N8O3/c1-4-7-21-19(30)22-10-16-17-11-31-20(13-28(17)25-24-16)6-8-26(12-20)18(29)15-9-23-27(5-2)14(15)3/h9H,4-8,10-13H2,1-3H3,(H2,21,22,30). The minimum atomic E-state index is -0.464. The molecule has 2 aliphatic rings. The van der Waals surface area contributed by atoms with Gasteiger partial charge < -0.3 is 20.3 Å². The second-order valence-electron chi connectivity index (χ2n) is 8.16. The highest BCUT2D eigenvalue weighted by Crippen LogP contribution is 2.33. The van der Waals surface area contributed by atoms with E-state index in [0.29, 0.717) is 50.6 Å². The third kappa shape index (κ3) is 4.14. The van der Waals surface area contributed by atoms with Crippen molar-refractivity contribution in [1.29, 1.82) is 0 Å². The summed E-state index contributed by atoms with van der Waals surface area (Å²) in [6, 6.07) is -0.219. The second kappa shape index (κ2) is 8.66. The number of hydrogen-bond acceptors (Lipinski definition) is 6. The van der Waals surface area contributed by atoms with E-state index >= 15 is 0 Å². The fourth-order valence-corrected chi connectivity index (χ4v) is 4.21. The second-order valence-corrected chi connectivity index (χ2v) is 8.16. The van der Waals surface area contributed by atoms with E-state index in [1.807, 2.05) is 35.0 Å². The van der Waals surface area contributed by atoms with Crippen molar-refractivity contribution >= 4 is 11.9 Å². The first kappa shape index (κ1) is 21.3. The number of carbonyl (C=O) groups excluding carboxylic acids is 2. The summed E-state index contributed by atoms with van der Waals surface area (Å²) in [6.45, 7) is 9.62. The lowest BCUT2D eigenvalue weighted by Crippen LogP contribution is -2.45. The zero-order chi connectivity index (χ0) is 22.0. The van der Waals surface area contributed by atoms with Crippen LogP contribution >= 0.6 is 0 Å². The smallest absolute Gasteiger partial charge is 0.315 e. The first-order valence-corrected chi connectivity index (χ1v) is 10.8. The lowest BCUT2D eigenvalue weighted by atomic mass is 10.0. The molecule has 0 saturated carbocycles. The minimum Gasteiger partial charge on any atom is -0.365 e. The molecule has 1 saturated heterocycles. The molecule has 0 bridgehead atoms. The highest BCUT2D eigenvalue weighted by atomic mass is 16.5. The molecule has 168 valence electrons. The monoisotopic (exact) mass is 430 g/mol. The Labute approximate surface area is 181 Å². The summed E-state index contributed by atoms with van der Waals surface area (Å²) in [5.41, 5.74) is 2.64. The van der Waals surface area contributed by atoms with Crippen LogP contribution in [-0.4, -0.2) is 66.8 Å². The van der Waals surface area contributed by atoms with Crippen LogP contribution in [0, 0.1) is 6.92 Å². The maximum absolute atomic E-state index is 13.0. The summed E-state index contributed by atoms with van der Waals surface area (Å²) in [7, 11) is 0. The van der Waals surface area contributed by atoms with Crippen LogP contribution in [-0.2, 0) is 31.0 Å². The van der Waals surface area contributed by atoms with Crippen molar-refractivity contribution in [1.82, 2.24) is 40.3 Å². The first-order chi connectivity index (χ1) is 15.0. The molecule has 2 N–H and O–H groups in total. The Balaban J connectivity index is 1.39. The summed E-state index contributed by atoms with van der Waals surface area (Å²) in [5.74, 6) is -0.00922. The normalized spacial score (nSPS) is 20.2. The first-order valence-electron chi connectivity index (χ1n) is 10.8. The topological polar surface area (TPSA) is 119 Å². The molecule has 31 heavy (non-hydrogen) atoms. The van der Waals surface area contributed by atoms with Crippen LogP contribution in [0.15, 0.2) is 6.20 Å². The van der Waals surface area contributed by atoms with Crippen LogP contribution in [0.4, 0.5) is 4.79 Å². The largest absolute Gasteiger partial charge is 0.365 e. The van der Waals surface area contributed by atoms with Gasteiger partial charge in [-0.3, -0.25) is 9.48 Å². The number of nitrogens with zero attached hydrogens (tertiary/aromatic N) is 6. The third-order valence-corrected chi connectivity index (χ3v) is 6.06. The number of aromatic nitrogens is 5. The van der Waals surface area contributed by atoms with Gasteiger partial charge >= 0.3 is 6.03 Å². The maximum atomic E-state index is 13.0. The van der Waals surface area contributed by atoms with Crippen LogP contribution in [0.2, 0.25) is 0 Å². The molecule has 4 rings (SSSR count). The Bertz CT molecular complexity index is 968. The molecule has 1 unspecified atom stereocenters. The molecule has 11 nitrogen and oxygen atoms in total. The van der Waals surface area contributed by atoms with E-state index in [4.69, 9.17) is 4.74 Å². The Morgan fingerprint density at radius 1 is 1.26 bits per heavy atom. The summed E-state index contributed by atoms with van der Waals surface area (Å²) in [5, 5.41) is 18.4. The van der Waals surface area contributed by atoms with E-state index in [-0.39, 0.29) is 11.9 Å². The van der Waals surface area contributed by atoms with Crippen LogP contribution in [0.1, 0.15) is 54.1 Å². The number of rotatable bonds is 6. The third-order valence-electron chi connectivity index (χ3n) is 6.06. The van der Waals surface area contributed by atoms with Crippen molar-refractivity contribution in [3.05, 3.63) is 28.8 Å². The molecule has 0 aromatic carbocycles. The van der Waals surface area contributed by atoms with Crippen LogP contribution < -0.4 is 10.6 Å². The molecule has 1 atom stereocenters. The van der Waals surface area contributed by atoms with Crippen molar-refractivity contribution < 1.29 is 14.3 Å². The van der Waals surface area contributed by atoms with Gasteiger partial charge in [0.25, 0.3) is 5.91 Å². The Hall–Kier alpha value is -2.95. The van der Waals surface area contributed by atoms with Gasteiger partial charge in [0.1, 0.15) is 11.3 Å². The number of ether oxygens (including phenoxy) is 1. The lowest BCUT2D eigenvalue weighted by molar-refractivity contribution is -0.0828.